The molecule has 52 valence electrons. The van der Waals surface area contributed by atoms with Gasteiger partial charge in [-0.2, -0.15) is 0 Å². The van der Waals surface area contributed by atoms with E-state index in [0.717, 1.165) is 0 Å². The van der Waals surface area contributed by atoms with Crippen LogP contribution in [-0.4, -0.2) is 22.4 Å². The second-order valence-corrected chi connectivity index (χ2v) is 1.48. The molecule has 0 radical (unpaired) electrons. The van der Waals surface area contributed by atoms with Crippen molar-refractivity contribution in [1.82, 2.24) is 0 Å². The Hall–Kier alpha value is -0.160. The third kappa shape index (κ3) is 9.28. The van der Waals surface area contributed by atoms with Gasteiger partial charge in [0.25, 0.3) is 0 Å². The summed E-state index contributed by atoms with van der Waals surface area (Å²) in [4.78, 5) is 0. The highest BCUT2D eigenvalue weighted by atomic mass is 16.3. The van der Waals surface area contributed by atoms with Crippen LogP contribution >= 0.6 is 0 Å². The van der Waals surface area contributed by atoms with Gasteiger partial charge in [-0.05, 0) is 13.8 Å². The Morgan fingerprint density at radius 2 is 1.12 bits per heavy atom. The number of hydrogen-bond donors (Lipinski definition) is 4. The van der Waals surface area contributed by atoms with Gasteiger partial charge in [-0.1, -0.05) is 0 Å². The van der Waals surface area contributed by atoms with Crippen LogP contribution in [0.2, 0.25) is 0 Å². The average molecular weight is 122 g/mol. The summed E-state index contributed by atoms with van der Waals surface area (Å²) < 4.78 is 0. The van der Waals surface area contributed by atoms with E-state index < -0.39 is 12.2 Å². The zero-order chi connectivity index (χ0) is 7.15. The molecule has 0 aliphatic rings. The van der Waals surface area contributed by atoms with Crippen LogP contribution in [0, 0.1) is 0 Å². The van der Waals surface area contributed by atoms with Gasteiger partial charge in [0.05, 0.1) is 12.2 Å². The fraction of sp³-hybridized carbons (Fsp3) is 1.00. The molecule has 8 heavy (non-hydrogen) atoms. The maximum absolute atomic E-state index is 8.38. The third-order valence-electron chi connectivity index (χ3n) is 0.698. The molecule has 4 heteroatoms. The van der Waals surface area contributed by atoms with Gasteiger partial charge in [0, 0.05) is 0 Å². The fourth-order valence-electron chi connectivity index (χ4n) is 0. The maximum atomic E-state index is 8.38. The van der Waals surface area contributed by atoms with Crippen LogP contribution in [0.15, 0.2) is 0 Å². The van der Waals surface area contributed by atoms with Crippen molar-refractivity contribution in [3.8, 4) is 0 Å². The van der Waals surface area contributed by atoms with Crippen LogP contribution < -0.4 is 11.7 Å². The van der Waals surface area contributed by atoms with Crippen molar-refractivity contribution in [2.24, 2.45) is 11.7 Å². The molecule has 0 amide bonds. The quantitative estimate of drug-likeness (QED) is 0.253. The lowest BCUT2D eigenvalue weighted by molar-refractivity contribution is 0.0438. The Morgan fingerprint density at radius 3 is 1.12 bits per heavy atom. The predicted molar refractivity (Wildman–Crippen MR) is 31.7 cm³/mol. The Kier molecular flexibility index (Phi) is 9.20. The molecule has 0 saturated carbocycles. The van der Waals surface area contributed by atoms with Gasteiger partial charge in [0.2, 0.25) is 0 Å². The van der Waals surface area contributed by atoms with E-state index >= 15 is 0 Å². The second kappa shape index (κ2) is 6.84. The number of hydrogen-bond acceptors (Lipinski definition) is 4. The molecule has 0 aromatic rings. The van der Waals surface area contributed by atoms with Crippen LogP contribution in [0.3, 0.4) is 0 Å². The first-order valence-corrected chi connectivity index (χ1v) is 2.34. The third-order valence-corrected chi connectivity index (χ3v) is 0.698. The number of aliphatic hydroxyl groups excluding tert-OH is 2. The normalized spacial score (nSPS) is 15.8. The first kappa shape index (κ1) is 10.8. The lowest BCUT2D eigenvalue weighted by atomic mass is 10.3. The molecule has 0 bridgehead atoms. The van der Waals surface area contributed by atoms with Crippen molar-refractivity contribution in [3.05, 3.63) is 0 Å². The number of nitrogens with two attached hydrogens (primary N) is 2. The molecule has 0 heterocycles. The smallest absolute Gasteiger partial charge is 0.0768 e. The van der Waals surface area contributed by atoms with E-state index in [-0.39, 0.29) is 0 Å². The van der Waals surface area contributed by atoms with Crippen LogP contribution in [0.25, 0.3) is 0 Å². The first-order chi connectivity index (χ1) is 3.64. The van der Waals surface area contributed by atoms with Gasteiger partial charge in [-0.25, -0.2) is 0 Å². The summed E-state index contributed by atoms with van der Waals surface area (Å²) in [6.07, 6.45) is -1.19. The second-order valence-electron chi connectivity index (χ2n) is 1.48. The van der Waals surface area contributed by atoms with Crippen molar-refractivity contribution in [2.45, 2.75) is 26.1 Å². The molecule has 4 nitrogen and oxygen atoms in total. The molecular formula is C4H14N2O2. The summed E-state index contributed by atoms with van der Waals surface area (Å²) >= 11 is 0. The van der Waals surface area contributed by atoms with E-state index in [1.54, 1.807) is 13.8 Å². The molecule has 0 aliphatic heterocycles. The Bertz CT molecular complexity index is 33.0. The van der Waals surface area contributed by atoms with Crippen molar-refractivity contribution >= 4 is 0 Å². The molecule has 0 aromatic carbocycles. The molecule has 0 rings (SSSR count). The highest BCUT2D eigenvalue weighted by molar-refractivity contribution is 4.50. The van der Waals surface area contributed by atoms with Crippen molar-refractivity contribution in [2.75, 3.05) is 0 Å². The largest absolute Gasteiger partial charge is 0.391 e. The van der Waals surface area contributed by atoms with Crippen LogP contribution in [-0.2, 0) is 0 Å². The Labute approximate surface area is 49.1 Å². The van der Waals surface area contributed by atoms with Crippen LogP contribution in [0.5, 0.6) is 0 Å². The SMILES string of the molecule is CC(O)C(C)O.NN. The van der Waals surface area contributed by atoms with Gasteiger partial charge in [0.15, 0.2) is 0 Å². The van der Waals surface area contributed by atoms with E-state index in [0.29, 0.717) is 0 Å². The van der Waals surface area contributed by atoms with E-state index in [4.69, 9.17) is 10.2 Å². The fourth-order valence-corrected chi connectivity index (χ4v) is 0. The minimum Gasteiger partial charge on any atom is -0.391 e. The topological polar surface area (TPSA) is 92.5 Å². The molecule has 0 spiro atoms. The summed E-state index contributed by atoms with van der Waals surface area (Å²) in [5.41, 5.74) is 0. The van der Waals surface area contributed by atoms with Crippen LogP contribution in [0.1, 0.15) is 13.8 Å². The van der Waals surface area contributed by atoms with Crippen LogP contribution in [0.4, 0.5) is 0 Å². The molecule has 6 N–H and O–H groups in total. The molecule has 2 atom stereocenters. The monoisotopic (exact) mass is 122 g/mol. The summed E-state index contributed by atoms with van der Waals surface area (Å²) in [5, 5.41) is 16.8. The zero-order valence-electron chi connectivity index (χ0n) is 5.20. The molecule has 0 saturated heterocycles. The molecule has 0 fully saturated rings. The van der Waals surface area contributed by atoms with Crippen molar-refractivity contribution in [3.63, 3.8) is 0 Å². The maximum Gasteiger partial charge on any atom is 0.0768 e. The van der Waals surface area contributed by atoms with Gasteiger partial charge < -0.3 is 10.2 Å². The lowest BCUT2D eigenvalue weighted by Crippen LogP contribution is -2.17. The van der Waals surface area contributed by atoms with Crippen molar-refractivity contribution in [1.29, 1.82) is 0 Å². The average Bonchev–Trinajstić information content (AvgIpc) is 1.72. The standard InChI is InChI=1S/C4H10O2.H4N2/c1-3(5)4(2)6;1-2/h3-6H,1-2H3;1-2H2. The minimum absolute atomic E-state index is 0.593. The number of aliphatic hydroxyl groups is 2. The summed E-state index contributed by atoms with van der Waals surface area (Å²) in [7, 11) is 0. The molecule has 0 aliphatic carbocycles. The van der Waals surface area contributed by atoms with E-state index in [1.165, 1.54) is 0 Å². The van der Waals surface area contributed by atoms with E-state index in [1.807, 2.05) is 0 Å². The first-order valence-electron chi connectivity index (χ1n) is 2.34. The van der Waals surface area contributed by atoms with Gasteiger partial charge in [-0.15, -0.1) is 0 Å². The summed E-state index contributed by atoms with van der Waals surface area (Å²) in [5.74, 6) is 8.00. The molecule has 2 unspecified atom stereocenters. The van der Waals surface area contributed by atoms with E-state index in [9.17, 15) is 0 Å². The number of hydrazine groups is 1. The highest BCUT2D eigenvalue weighted by Crippen LogP contribution is 1.85. The zero-order valence-corrected chi connectivity index (χ0v) is 5.20. The van der Waals surface area contributed by atoms with Crippen molar-refractivity contribution < 1.29 is 10.2 Å². The lowest BCUT2D eigenvalue weighted by Gasteiger charge is -2.03. The summed E-state index contributed by atoms with van der Waals surface area (Å²) in [6, 6.07) is 0. The predicted octanol–water partition coefficient (Wildman–Crippen LogP) is -1.43. The van der Waals surface area contributed by atoms with E-state index in [2.05, 4.69) is 11.7 Å². The summed E-state index contributed by atoms with van der Waals surface area (Å²) in [6.45, 7) is 3.09. The Balaban J connectivity index is 0. The molecular weight excluding hydrogens is 108 g/mol. The van der Waals surface area contributed by atoms with Gasteiger partial charge >= 0.3 is 0 Å². The number of rotatable bonds is 1. The highest BCUT2D eigenvalue weighted by Gasteiger charge is 1.99. The Morgan fingerprint density at radius 1 is 1.00 bits per heavy atom. The van der Waals surface area contributed by atoms with Gasteiger partial charge in [-0.3, -0.25) is 11.7 Å². The molecule has 0 aromatic heterocycles. The minimum atomic E-state index is -0.593. The van der Waals surface area contributed by atoms with Gasteiger partial charge in [0.1, 0.15) is 0 Å².